The molecule has 2 saturated heterocycles. The lowest BCUT2D eigenvalue weighted by molar-refractivity contribution is 0.0957. The van der Waals surface area contributed by atoms with Crippen molar-refractivity contribution in [3.05, 3.63) is 48.1 Å². The van der Waals surface area contributed by atoms with E-state index in [1.807, 2.05) is 48.1 Å². The number of nitrogens with zero attached hydrogens (tertiary/aromatic N) is 6. The quantitative estimate of drug-likeness (QED) is 0.419. The van der Waals surface area contributed by atoms with Crippen molar-refractivity contribution < 1.29 is 14.3 Å². The smallest absolute Gasteiger partial charge is 0.414 e. The molecule has 0 aliphatic carbocycles. The van der Waals surface area contributed by atoms with Crippen molar-refractivity contribution in [3.63, 3.8) is 0 Å². The molecule has 5 heterocycles. The van der Waals surface area contributed by atoms with Gasteiger partial charge in [0.2, 0.25) is 5.88 Å². The number of aromatic nitrogens is 3. The number of carbonyl (C=O) groups is 1. The van der Waals surface area contributed by atoms with Gasteiger partial charge in [0.15, 0.2) is 0 Å². The van der Waals surface area contributed by atoms with Gasteiger partial charge >= 0.3 is 6.09 Å². The molecule has 174 valence electrons. The zero-order chi connectivity index (χ0) is 23.2. The minimum atomic E-state index is -0.300. The molecule has 3 aromatic heterocycles. The molecular weight excluding hydrogens is 452 g/mol. The predicted molar refractivity (Wildman–Crippen MR) is 132 cm³/mol. The Morgan fingerprint density at radius 1 is 1.15 bits per heavy atom. The number of carbonyl (C=O) groups excluding carboxylic acids is 1. The normalized spacial score (nSPS) is 18.7. The van der Waals surface area contributed by atoms with Crippen LogP contribution in [0.15, 0.2) is 48.1 Å². The second-order valence-electron chi connectivity index (χ2n) is 8.67. The number of fused-ring (bicyclic) bond motifs is 2. The maximum absolute atomic E-state index is 12.5. The van der Waals surface area contributed by atoms with E-state index in [0.717, 1.165) is 45.7 Å². The third kappa shape index (κ3) is 3.68. The number of rotatable bonds is 6. The van der Waals surface area contributed by atoms with Crippen LogP contribution >= 0.6 is 11.3 Å². The molecule has 2 aliphatic heterocycles. The zero-order valence-electron chi connectivity index (χ0n) is 18.9. The molecule has 9 nitrogen and oxygen atoms in total. The second kappa shape index (κ2) is 8.37. The zero-order valence-corrected chi connectivity index (χ0v) is 19.7. The molecule has 0 saturated carbocycles. The second-order valence-corrected chi connectivity index (χ2v) is 9.56. The van der Waals surface area contributed by atoms with Gasteiger partial charge in [-0.3, -0.25) is 14.8 Å². The predicted octanol–water partition coefficient (Wildman–Crippen LogP) is 3.39. The highest BCUT2D eigenvalue weighted by Crippen LogP contribution is 2.31. The summed E-state index contributed by atoms with van der Waals surface area (Å²) in [5, 5.41) is 0. The van der Waals surface area contributed by atoms with E-state index in [1.165, 1.54) is 0 Å². The third-order valence-electron chi connectivity index (χ3n) is 6.56. The summed E-state index contributed by atoms with van der Waals surface area (Å²) in [4.78, 5) is 32.2. The molecule has 10 heteroatoms. The molecule has 2 aliphatic rings. The number of thiazole rings is 1. The van der Waals surface area contributed by atoms with Crippen LogP contribution in [-0.4, -0.2) is 78.4 Å². The van der Waals surface area contributed by atoms with Crippen LogP contribution < -0.4 is 14.5 Å². The van der Waals surface area contributed by atoms with Gasteiger partial charge in [0.05, 0.1) is 40.6 Å². The minimum Gasteiger partial charge on any atom is -0.481 e. The van der Waals surface area contributed by atoms with Crippen LogP contribution in [0.1, 0.15) is 0 Å². The summed E-state index contributed by atoms with van der Waals surface area (Å²) in [7, 11) is 3.71. The van der Waals surface area contributed by atoms with Gasteiger partial charge in [-0.05, 0) is 37.4 Å². The summed E-state index contributed by atoms with van der Waals surface area (Å²) in [5.41, 5.74) is 6.31. The van der Waals surface area contributed by atoms with Crippen LogP contribution in [0.2, 0.25) is 0 Å². The third-order valence-corrected chi connectivity index (χ3v) is 7.37. The number of benzene rings is 1. The summed E-state index contributed by atoms with van der Waals surface area (Å²) in [5.74, 6) is 0.581. The molecule has 1 amide bonds. The summed E-state index contributed by atoms with van der Waals surface area (Å²) >= 11 is 1.59. The van der Waals surface area contributed by atoms with Gasteiger partial charge in [-0.25, -0.2) is 14.8 Å². The fraction of sp³-hybridized carbons (Fsp3) is 0.333. The van der Waals surface area contributed by atoms with Crippen LogP contribution in [0.5, 0.6) is 5.88 Å². The SMILES string of the molecule is COc1ccc2nccc(N3CC(N(C)C[C@@H]4CN(c5ccc6scnc6c5)C(=O)O4)C3)c2n1. The number of pyridine rings is 2. The molecular formula is C24H24N6O3S. The Hall–Kier alpha value is -3.50. The van der Waals surface area contributed by atoms with Crippen LogP contribution in [0, 0.1) is 0 Å². The van der Waals surface area contributed by atoms with Crippen molar-refractivity contribution in [3.8, 4) is 5.88 Å². The lowest BCUT2D eigenvalue weighted by Gasteiger charge is -2.45. The first-order valence-electron chi connectivity index (χ1n) is 11.2. The van der Waals surface area contributed by atoms with Gasteiger partial charge < -0.3 is 14.4 Å². The monoisotopic (exact) mass is 476 g/mol. The molecule has 1 aromatic carbocycles. The Balaban J connectivity index is 1.09. The number of methoxy groups -OCH3 is 1. The van der Waals surface area contributed by atoms with Crippen LogP contribution in [0.25, 0.3) is 21.3 Å². The van der Waals surface area contributed by atoms with Gasteiger partial charge in [0.1, 0.15) is 11.6 Å². The first kappa shape index (κ1) is 21.1. The highest BCUT2D eigenvalue weighted by Gasteiger charge is 2.37. The Kier molecular flexibility index (Phi) is 5.19. The summed E-state index contributed by atoms with van der Waals surface area (Å²) in [6.07, 6.45) is 1.34. The summed E-state index contributed by atoms with van der Waals surface area (Å²) in [6, 6.07) is 12.0. The Bertz CT molecular complexity index is 1370. The van der Waals surface area contributed by atoms with Crippen LogP contribution in [-0.2, 0) is 4.74 Å². The Labute approximate surface area is 200 Å². The maximum Gasteiger partial charge on any atom is 0.414 e. The topological polar surface area (TPSA) is 83.9 Å². The van der Waals surface area contributed by atoms with Gasteiger partial charge in [0.25, 0.3) is 0 Å². The average Bonchev–Trinajstić information content (AvgIpc) is 3.43. The van der Waals surface area contributed by atoms with Crippen molar-refractivity contribution in [2.45, 2.75) is 12.1 Å². The van der Waals surface area contributed by atoms with E-state index < -0.39 is 0 Å². The van der Waals surface area contributed by atoms with Crippen LogP contribution in [0.3, 0.4) is 0 Å². The van der Waals surface area contributed by atoms with E-state index in [4.69, 9.17) is 9.47 Å². The molecule has 0 spiro atoms. The molecule has 0 unspecified atom stereocenters. The number of hydrogen-bond acceptors (Lipinski definition) is 9. The number of hydrogen-bond donors (Lipinski definition) is 0. The minimum absolute atomic E-state index is 0.176. The fourth-order valence-electron chi connectivity index (χ4n) is 4.61. The van der Waals surface area contributed by atoms with E-state index in [0.29, 0.717) is 25.0 Å². The summed E-state index contributed by atoms with van der Waals surface area (Å²) < 4.78 is 12.1. The average molecular weight is 477 g/mol. The van der Waals surface area contributed by atoms with Gasteiger partial charge in [-0.15, -0.1) is 11.3 Å². The Morgan fingerprint density at radius 2 is 2.03 bits per heavy atom. The molecule has 0 N–H and O–H groups in total. The standard InChI is InChI=1S/C24H24N6O3S/c1-28(12-17-13-30(24(31)33-17)15-3-5-21-19(9-15)26-14-34-21)16-10-29(11-16)20-7-8-25-18-4-6-22(32-2)27-23(18)20/h3-9,14,16-17H,10-13H2,1-2H3/t17-/m1/s1. The van der Waals surface area contributed by atoms with E-state index in [-0.39, 0.29) is 12.2 Å². The van der Waals surface area contributed by atoms with Crippen molar-refractivity contribution in [1.29, 1.82) is 0 Å². The molecule has 0 radical (unpaired) electrons. The first-order valence-corrected chi connectivity index (χ1v) is 12.0. The van der Waals surface area contributed by atoms with Gasteiger partial charge in [-0.2, -0.15) is 0 Å². The number of cyclic esters (lactones) is 1. The van der Waals surface area contributed by atoms with Crippen molar-refractivity contribution in [2.75, 3.05) is 50.1 Å². The summed E-state index contributed by atoms with van der Waals surface area (Å²) in [6.45, 7) is 2.97. The maximum atomic E-state index is 12.5. The molecule has 0 bridgehead atoms. The van der Waals surface area contributed by atoms with Gasteiger partial charge in [-0.1, -0.05) is 0 Å². The molecule has 4 aromatic rings. The highest BCUT2D eigenvalue weighted by molar-refractivity contribution is 7.16. The van der Waals surface area contributed by atoms with Crippen molar-refractivity contribution >= 4 is 50.1 Å². The molecule has 6 rings (SSSR count). The van der Waals surface area contributed by atoms with E-state index in [2.05, 4.69) is 31.8 Å². The van der Waals surface area contributed by atoms with E-state index >= 15 is 0 Å². The molecule has 1 atom stereocenters. The Morgan fingerprint density at radius 3 is 2.88 bits per heavy atom. The number of amides is 1. The number of anilines is 2. The lowest BCUT2D eigenvalue weighted by atomic mass is 10.1. The van der Waals surface area contributed by atoms with Crippen molar-refractivity contribution in [1.82, 2.24) is 19.9 Å². The molecule has 34 heavy (non-hydrogen) atoms. The molecule has 2 fully saturated rings. The van der Waals surface area contributed by atoms with Crippen LogP contribution in [0.4, 0.5) is 16.2 Å². The van der Waals surface area contributed by atoms with Crippen molar-refractivity contribution in [2.24, 2.45) is 0 Å². The lowest BCUT2D eigenvalue weighted by Crippen LogP contribution is -2.59. The van der Waals surface area contributed by atoms with Gasteiger partial charge in [0, 0.05) is 43.6 Å². The largest absolute Gasteiger partial charge is 0.481 e. The number of likely N-dealkylation sites (N-methyl/N-ethyl adjacent to an activating group) is 1. The number of ether oxygens (including phenoxy) is 2. The highest BCUT2D eigenvalue weighted by atomic mass is 32.1. The van der Waals surface area contributed by atoms with E-state index in [9.17, 15) is 4.79 Å². The first-order chi connectivity index (χ1) is 16.6. The fourth-order valence-corrected chi connectivity index (χ4v) is 5.26. The van der Waals surface area contributed by atoms with E-state index in [1.54, 1.807) is 23.3 Å².